The highest BCUT2D eigenvalue weighted by atomic mass is 32.1. The molecule has 142 valence electrons. The molecular weight excluding hydrogens is 392 g/mol. The Balaban J connectivity index is 1.35. The fourth-order valence-corrected chi connectivity index (χ4v) is 4.83. The number of carbonyl (C=O) groups excluding carboxylic acids is 1. The molecule has 0 bridgehead atoms. The fourth-order valence-electron chi connectivity index (χ4n) is 3.59. The smallest absolute Gasteiger partial charge is 0.273 e. The summed E-state index contributed by atoms with van der Waals surface area (Å²) in [5.41, 5.74) is 3.33. The van der Waals surface area contributed by atoms with Crippen LogP contribution in [-0.2, 0) is 0 Å². The number of thiophene rings is 1. The lowest BCUT2D eigenvalue weighted by atomic mass is 9.96. The summed E-state index contributed by atoms with van der Waals surface area (Å²) < 4.78 is 1.86. The molecule has 0 radical (unpaired) electrons. The fraction of sp³-hybridized carbons (Fsp3) is 0.316. The zero-order chi connectivity index (χ0) is 19.1. The number of aromatic nitrogens is 5. The van der Waals surface area contributed by atoms with Crippen LogP contribution in [0.4, 0.5) is 0 Å². The number of fused-ring (bicyclic) bond motifs is 1. The number of aryl methyl sites for hydroxylation is 1. The molecule has 1 amide bonds. The molecule has 4 aromatic heterocycles. The first-order chi connectivity index (χ1) is 13.7. The predicted octanol–water partition coefficient (Wildman–Crippen LogP) is 3.64. The molecule has 1 saturated heterocycles. The number of carbonyl (C=O) groups is 1. The van der Waals surface area contributed by atoms with E-state index in [-0.39, 0.29) is 11.8 Å². The van der Waals surface area contributed by atoms with Gasteiger partial charge in [0.2, 0.25) is 0 Å². The molecule has 1 fully saturated rings. The molecule has 0 spiro atoms. The van der Waals surface area contributed by atoms with Gasteiger partial charge in [0.05, 0.1) is 10.7 Å². The third-order valence-electron chi connectivity index (χ3n) is 5.09. The van der Waals surface area contributed by atoms with Crippen molar-refractivity contribution in [1.29, 1.82) is 0 Å². The van der Waals surface area contributed by atoms with Crippen molar-refractivity contribution in [2.75, 3.05) is 13.1 Å². The number of hydrogen-bond acceptors (Lipinski definition) is 7. The van der Waals surface area contributed by atoms with Crippen LogP contribution >= 0.6 is 22.7 Å². The van der Waals surface area contributed by atoms with Crippen LogP contribution in [-0.4, -0.2) is 48.7 Å². The van der Waals surface area contributed by atoms with Gasteiger partial charge in [0.1, 0.15) is 5.69 Å². The number of rotatable bonds is 3. The van der Waals surface area contributed by atoms with Gasteiger partial charge >= 0.3 is 0 Å². The van der Waals surface area contributed by atoms with E-state index < -0.39 is 0 Å². The Morgan fingerprint density at radius 1 is 1.14 bits per heavy atom. The summed E-state index contributed by atoms with van der Waals surface area (Å²) in [5.74, 6) is 1.14. The van der Waals surface area contributed by atoms with Crippen molar-refractivity contribution in [1.82, 2.24) is 29.7 Å². The lowest BCUT2D eigenvalue weighted by Crippen LogP contribution is -2.38. The molecule has 0 atom stereocenters. The lowest BCUT2D eigenvalue weighted by Gasteiger charge is -2.30. The molecule has 9 heteroatoms. The monoisotopic (exact) mass is 410 g/mol. The Morgan fingerprint density at radius 3 is 2.71 bits per heavy atom. The normalized spacial score (nSPS) is 15.4. The van der Waals surface area contributed by atoms with Crippen LogP contribution in [0.25, 0.3) is 16.9 Å². The summed E-state index contributed by atoms with van der Waals surface area (Å²) >= 11 is 3.16. The largest absolute Gasteiger partial charge is 0.337 e. The second-order valence-corrected chi connectivity index (χ2v) is 8.72. The number of likely N-dealkylation sites (tertiary alicyclic amines) is 1. The number of amides is 1. The number of hydrogen-bond donors (Lipinski definition) is 0. The van der Waals surface area contributed by atoms with E-state index in [2.05, 4.69) is 26.6 Å². The molecule has 0 N–H and O–H groups in total. The van der Waals surface area contributed by atoms with E-state index in [0.29, 0.717) is 18.8 Å². The highest BCUT2D eigenvalue weighted by Gasteiger charge is 2.28. The van der Waals surface area contributed by atoms with E-state index in [1.54, 1.807) is 11.3 Å². The molecule has 5 rings (SSSR count). The van der Waals surface area contributed by atoms with Crippen LogP contribution in [0.3, 0.4) is 0 Å². The van der Waals surface area contributed by atoms with Crippen LogP contribution in [0.2, 0.25) is 0 Å². The molecule has 5 heterocycles. The topological polar surface area (TPSA) is 76.3 Å². The van der Waals surface area contributed by atoms with Crippen molar-refractivity contribution in [2.45, 2.75) is 25.7 Å². The molecular formula is C19H18N6OS2. The summed E-state index contributed by atoms with van der Waals surface area (Å²) in [5, 5.41) is 20.4. The minimum absolute atomic E-state index is 0.0202. The molecule has 1 aliphatic rings. The van der Waals surface area contributed by atoms with E-state index in [9.17, 15) is 4.79 Å². The quantitative estimate of drug-likeness (QED) is 0.515. The van der Waals surface area contributed by atoms with Gasteiger partial charge in [0, 0.05) is 35.3 Å². The third kappa shape index (κ3) is 3.10. The van der Waals surface area contributed by atoms with Crippen molar-refractivity contribution < 1.29 is 4.79 Å². The van der Waals surface area contributed by atoms with E-state index in [0.717, 1.165) is 40.6 Å². The van der Waals surface area contributed by atoms with Gasteiger partial charge in [-0.15, -0.1) is 21.5 Å². The summed E-state index contributed by atoms with van der Waals surface area (Å²) in [6.07, 6.45) is 1.69. The van der Waals surface area contributed by atoms with Crippen molar-refractivity contribution in [3.05, 3.63) is 50.9 Å². The summed E-state index contributed by atoms with van der Waals surface area (Å²) in [6.45, 7) is 3.31. The maximum atomic E-state index is 12.6. The average Bonchev–Trinajstić information content (AvgIpc) is 3.47. The average molecular weight is 411 g/mol. The van der Waals surface area contributed by atoms with Gasteiger partial charge < -0.3 is 4.90 Å². The Kier molecular flexibility index (Phi) is 4.40. The first kappa shape index (κ1) is 17.4. The Labute approximate surface area is 169 Å². The first-order valence-corrected chi connectivity index (χ1v) is 11.0. The molecule has 1 aliphatic heterocycles. The molecule has 0 aromatic carbocycles. The highest BCUT2D eigenvalue weighted by Crippen LogP contribution is 2.28. The van der Waals surface area contributed by atoms with Gasteiger partial charge in [0.15, 0.2) is 11.5 Å². The Hall–Kier alpha value is -2.65. The molecule has 28 heavy (non-hydrogen) atoms. The SMILES string of the molecule is Cc1nc(C(=O)N2CCC(c3nnc4ccc(-c5ccsc5)nn34)CC2)cs1. The van der Waals surface area contributed by atoms with Crippen molar-refractivity contribution >= 4 is 34.2 Å². The second-order valence-electron chi connectivity index (χ2n) is 6.88. The van der Waals surface area contributed by atoms with E-state index in [1.807, 2.05) is 39.2 Å². The molecule has 4 aromatic rings. The van der Waals surface area contributed by atoms with Crippen LogP contribution in [0.1, 0.15) is 40.1 Å². The standard InChI is InChI=1S/C19H18N6OS2/c1-12-20-16(11-28-12)19(26)24-7-4-13(5-8-24)18-22-21-17-3-2-15(23-25(17)18)14-6-9-27-10-14/h2-3,6,9-11,13H,4-5,7-8H2,1H3. The zero-order valence-corrected chi connectivity index (χ0v) is 16.9. The van der Waals surface area contributed by atoms with Gasteiger partial charge in [-0.1, -0.05) is 0 Å². The maximum absolute atomic E-state index is 12.6. The highest BCUT2D eigenvalue weighted by molar-refractivity contribution is 7.09. The van der Waals surface area contributed by atoms with Gasteiger partial charge in [-0.3, -0.25) is 4.79 Å². The minimum Gasteiger partial charge on any atom is -0.337 e. The number of nitrogens with zero attached hydrogens (tertiary/aromatic N) is 6. The van der Waals surface area contributed by atoms with E-state index in [1.165, 1.54) is 11.3 Å². The predicted molar refractivity (Wildman–Crippen MR) is 109 cm³/mol. The second kappa shape index (κ2) is 7.06. The zero-order valence-electron chi connectivity index (χ0n) is 15.3. The van der Waals surface area contributed by atoms with E-state index in [4.69, 9.17) is 5.10 Å². The van der Waals surface area contributed by atoms with Crippen molar-refractivity contribution in [3.8, 4) is 11.3 Å². The lowest BCUT2D eigenvalue weighted by molar-refractivity contribution is 0.0705. The van der Waals surface area contributed by atoms with Crippen LogP contribution < -0.4 is 0 Å². The Morgan fingerprint density at radius 2 is 2.00 bits per heavy atom. The van der Waals surface area contributed by atoms with Gasteiger partial charge in [-0.05, 0) is 43.3 Å². The molecule has 0 saturated carbocycles. The first-order valence-electron chi connectivity index (χ1n) is 9.15. The van der Waals surface area contributed by atoms with Crippen LogP contribution in [0.15, 0.2) is 34.3 Å². The van der Waals surface area contributed by atoms with E-state index >= 15 is 0 Å². The van der Waals surface area contributed by atoms with Crippen LogP contribution in [0, 0.1) is 6.92 Å². The van der Waals surface area contributed by atoms with Crippen molar-refractivity contribution in [2.24, 2.45) is 0 Å². The van der Waals surface area contributed by atoms with Gasteiger partial charge in [-0.25, -0.2) is 4.98 Å². The Bertz CT molecular complexity index is 1120. The van der Waals surface area contributed by atoms with Crippen molar-refractivity contribution in [3.63, 3.8) is 0 Å². The summed E-state index contributed by atoms with van der Waals surface area (Å²) in [7, 11) is 0. The number of piperidine rings is 1. The maximum Gasteiger partial charge on any atom is 0.273 e. The van der Waals surface area contributed by atoms with Crippen LogP contribution in [0.5, 0.6) is 0 Å². The number of thiazole rings is 1. The summed E-state index contributed by atoms with van der Waals surface area (Å²) in [6, 6.07) is 6.00. The molecule has 7 nitrogen and oxygen atoms in total. The minimum atomic E-state index is 0.0202. The summed E-state index contributed by atoms with van der Waals surface area (Å²) in [4.78, 5) is 18.8. The molecule has 0 unspecified atom stereocenters. The van der Waals surface area contributed by atoms with Gasteiger partial charge in [-0.2, -0.15) is 21.0 Å². The third-order valence-corrected chi connectivity index (χ3v) is 6.55. The molecule has 0 aliphatic carbocycles. The van der Waals surface area contributed by atoms with Gasteiger partial charge in [0.25, 0.3) is 5.91 Å².